The molecule has 122 valence electrons. The van der Waals surface area contributed by atoms with Crippen LogP contribution in [0, 0.1) is 5.41 Å². The fourth-order valence-electron chi connectivity index (χ4n) is 1.56. The van der Waals surface area contributed by atoms with Crippen molar-refractivity contribution in [2.45, 2.75) is 27.2 Å². The van der Waals surface area contributed by atoms with E-state index in [1.165, 1.54) is 0 Å². The highest BCUT2D eigenvalue weighted by Gasteiger charge is 2.20. The summed E-state index contributed by atoms with van der Waals surface area (Å²) in [7, 11) is 1.73. The van der Waals surface area contributed by atoms with Crippen molar-refractivity contribution >= 4 is 33.7 Å². The molecule has 1 aromatic heterocycles. The Bertz CT molecular complexity index is 575. The molecular formula is C14H21BrN4O3. The Morgan fingerprint density at radius 1 is 1.23 bits per heavy atom. The molecule has 1 aromatic rings. The van der Waals surface area contributed by atoms with E-state index >= 15 is 0 Å². The summed E-state index contributed by atoms with van der Waals surface area (Å²) in [4.78, 5) is 35.1. The molecule has 0 unspecified atom stereocenters. The fraction of sp³-hybridized carbons (Fsp3) is 0.500. The van der Waals surface area contributed by atoms with E-state index in [9.17, 15) is 14.4 Å². The van der Waals surface area contributed by atoms with Crippen molar-refractivity contribution in [1.29, 1.82) is 0 Å². The monoisotopic (exact) mass is 372 g/mol. The molecule has 1 rings (SSSR count). The first-order chi connectivity index (χ1) is 10.1. The summed E-state index contributed by atoms with van der Waals surface area (Å²) in [6, 6.07) is 1.64. The molecule has 0 aromatic carbocycles. The number of nitrogens with one attached hydrogen (secondary N) is 3. The lowest BCUT2D eigenvalue weighted by Crippen LogP contribution is -2.44. The third kappa shape index (κ3) is 5.51. The number of hydrogen-bond acceptors (Lipinski definition) is 3. The molecule has 7 nitrogen and oxygen atoms in total. The first-order valence-corrected chi connectivity index (χ1v) is 7.60. The normalized spacial score (nSPS) is 11.0. The molecule has 0 saturated heterocycles. The van der Waals surface area contributed by atoms with Gasteiger partial charge in [-0.3, -0.25) is 25.2 Å². The van der Waals surface area contributed by atoms with Crippen LogP contribution in [0.15, 0.2) is 16.7 Å². The van der Waals surface area contributed by atoms with Gasteiger partial charge in [-0.25, -0.2) is 0 Å². The lowest BCUT2D eigenvalue weighted by atomic mass is 9.96. The number of aromatic nitrogens is 1. The van der Waals surface area contributed by atoms with Gasteiger partial charge in [0.15, 0.2) is 0 Å². The Hall–Kier alpha value is -1.83. The van der Waals surface area contributed by atoms with E-state index in [1.54, 1.807) is 44.6 Å². The van der Waals surface area contributed by atoms with Gasteiger partial charge in [0, 0.05) is 36.1 Å². The SMILES string of the molecule is Cn1cc(Br)cc1C(=O)NNC(=O)CCNC(=O)C(C)(C)C. The quantitative estimate of drug-likeness (QED) is 0.691. The van der Waals surface area contributed by atoms with Crippen molar-refractivity contribution in [1.82, 2.24) is 20.7 Å². The van der Waals surface area contributed by atoms with Crippen LogP contribution in [0.2, 0.25) is 0 Å². The Kier molecular flexibility index (Phi) is 6.16. The van der Waals surface area contributed by atoms with Crippen LogP contribution in [0.1, 0.15) is 37.7 Å². The van der Waals surface area contributed by atoms with Gasteiger partial charge in [0.25, 0.3) is 5.91 Å². The molecule has 0 atom stereocenters. The molecule has 0 aliphatic carbocycles. The smallest absolute Gasteiger partial charge is 0.286 e. The van der Waals surface area contributed by atoms with Gasteiger partial charge in [0.2, 0.25) is 11.8 Å². The van der Waals surface area contributed by atoms with E-state index < -0.39 is 11.3 Å². The number of amides is 3. The van der Waals surface area contributed by atoms with Crippen molar-refractivity contribution in [2.24, 2.45) is 12.5 Å². The molecule has 0 fully saturated rings. The van der Waals surface area contributed by atoms with Crippen LogP contribution in [0.5, 0.6) is 0 Å². The highest BCUT2D eigenvalue weighted by molar-refractivity contribution is 9.10. The Morgan fingerprint density at radius 3 is 2.36 bits per heavy atom. The maximum atomic E-state index is 11.9. The first-order valence-electron chi connectivity index (χ1n) is 6.80. The summed E-state index contributed by atoms with van der Waals surface area (Å²) in [6.45, 7) is 5.59. The van der Waals surface area contributed by atoms with Crippen LogP contribution in [-0.4, -0.2) is 28.8 Å². The maximum absolute atomic E-state index is 11.9. The maximum Gasteiger partial charge on any atom is 0.286 e. The molecule has 0 bridgehead atoms. The van der Waals surface area contributed by atoms with E-state index in [0.29, 0.717) is 5.69 Å². The second kappa shape index (κ2) is 7.44. The number of carbonyl (C=O) groups excluding carboxylic acids is 3. The molecule has 0 spiro atoms. The lowest BCUT2D eigenvalue weighted by molar-refractivity contribution is -0.128. The number of hydrogen-bond donors (Lipinski definition) is 3. The van der Waals surface area contributed by atoms with Crippen molar-refractivity contribution in [3.63, 3.8) is 0 Å². The predicted octanol–water partition coefficient (Wildman–Crippen LogP) is 1.10. The second-order valence-electron chi connectivity index (χ2n) is 5.91. The zero-order chi connectivity index (χ0) is 16.9. The van der Waals surface area contributed by atoms with Crippen LogP contribution in [0.3, 0.4) is 0 Å². The Morgan fingerprint density at radius 2 is 1.86 bits per heavy atom. The number of carbonyl (C=O) groups is 3. The molecule has 0 aliphatic heterocycles. The van der Waals surface area contributed by atoms with E-state index in [4.69, 9.17) is 0 Å². The van der Waals surface area contributed by atoms with Crippen LogP contribution in [0.4, 0.5) is 0 Å². The largest absolute Gasteiger partial charge is 0.355 e. The molecule has 0 saturated carbocycles. The van der Waals surface area contributed by atoms with E-state index in [0.717, 1.165) is 4.47 Å². The van der Waals surface area contributed by atoms with E-state index in [1.807, 2.05) is 0 Å². The van der Waals surface area contributed by atoms with Gasteiger partial charge in [-0.2, -0.15) is 0 Å². The summed E-state index contributed by atoms with van der Waals surface area (Å²) in [5, 5.41) is 2.66. The second-order valence-corrected chi connectivity index (χ2v) is 6.83. The predicted molar refractivity (Wildman–Crippen MR) is 85.8 cm³/mol. The van der Waals surface area contributed by atoms with Crippen LogP contribution >= 0.6 is 15.9 Å². The highest BCUT2D eigenvalue weighted by Crippen LogP contribution is 2.13. The van der Waals surface area contributed by atoms with Crippen LogP contribution in [-0.2, 0) is 16.6 Å². The third-order valence-corrected chi connectivity index (χ3v) is 3.27. The fourth-order valence-corrected chi connectivity index (χ4v) is 2.08. The zero-order valence-electron chi connectivity index (χ0n) is 13.1. The van der Waals surface area contributed by atoms with E-state index in [2.05, 4.69) is 32.1 Å². The molecule has 0 aliphatic rings. The highest BCUT2D eigenvalue weighted by atomic mass is 79.9. The molecule has 0 radical (unpaired) electrons. The molecule has 3 N–H and O–H groups in total. The number of rotatable bonds is 4. The Balaban J connectivity index is 2.33. The molecular weight excluding hydrogens is 352 g/mol. The van der Waals surface area contributed by atoms with Crippen LogP contribution in [0.25, 0.3) is 0 Å². The summed E-state index contributed by atoms with van der Waals surface area (Å²) < 4.78 is 2.41. The summed E-state index contributed by atoms with van der Waals surface area (Å²) in [6.07, 6.45) is 1.82. The van der Waals surface area contributed by atoms with Crippen LogP contribution < -0.4 is 16.2 Å². The van der Waals surface area contributed by atoms with Gasteiger partial charge in [-0.05, 0) is 22.0 Å². The third-order valence-electron chi connectivity index (χ3n) is 2.84. The average Bonchev–Trinajstić information content (AvgIpc) is 2.73. The minimum atomic E-state index is -0.495. The first kappa shape index (κ1) is 18.2. The van der Waals surface area contributed by atoms with Gasteiger partial charge in [0.1, 0.15) is 5.69 Å². The number of aryl methyl sites for hydroxylation is 1. The van der Waals surface area contributed by atoms with Crippen molar-refractivity contribution in [2.75, 3.05) is 6.54 Å². The van der Waals surface area contributed by atoms with Gasteiger partial charge >= 0.3 is 0 Å². The molecule has 8 heteroatoms. The van der Waals surface area contributed by atoms with Gasteiger partial charge in [-0.1, -0.05) is 20.8 Å². The molecule has 22 heavy (non-hydrogen) atoms. The molecule has 3 amide bonds. The van der Waals surface area contributed by atoms with Gasteiger partial charge in [0.05, 0.1) is 0 Å². The van der Waals surface area contributed by atoms with E-state index in [-0.39, 0.29) is 24.8 Å². The standard InChI is InChI=1S/C14H21BrN4O3/c1-14(2,3)13(22)16-6-5-11(20)17-18-12(21)10-7-9(15)8-19(10)4/h7-8H,5-6H2,1-4H3,(H,16,22)(H,17,20)(H,18,21). The summed E-state index contributed by atoms with van der Waals surface area (Å²) >= 11 is 3.27. The average molecular weight is 373 g/mol. The summed E-state index contributed by atoms with van der Waals surface area (Å²) in [5.74, 6) is -0.922. The minimum Gasteiger partial charge on any atom is -0.355 e. The number of halogens is 1. The number of nitrogens with zero attached hydrogens (tertiary/aromatic N) is 1. The van der Waals surface area contributed by atoms with Gasteiger partial charge in [-0.15, -0.1) is 0 Å². The van der Waals surface area contributed by atoms with Crippen molar-refractivity contribution in [3.8, 4) is 0 Å². The zero-order valence-corrected chi connectivity index (χ0v) is 14.7. The Labute approximate surface area is 137 Å². The topological polar surface area (TPSA) is 92.2 Å². The molecule has 1 heterocycles. The summed E-state index contributed by atoms with van der Waals surface area (Å²) in [5.41, 5.74) is 4.55. The number of hydrazine groups is 1. The van der Waals surface area contributed by atoms with Crippen molar-refractivity contribution in [3.05, 3.63) is 22.4 Å². The lowest BCUT2D eigenvalue weighted by Gasteiger charge is -2.17. The minimum absolute atomic E-state index is 0.0823. The van der Waals surface area contributed by atoms with Gasteiger partial charge < -0.3 is 9.88 Å². The van der Waals surface area contributed by atoms with Crippen molar-refractivity contribution < 1.29 is 14.4 Å².